The summed E-state index contributed by atoms with van der Waals surface area (Å²) < 4.78 is 2.15. The average Bonchev–Trinajstić information content (AvgIpc) is 3.38. The summed E-state index contributed by atoms with van der Waals surface area (Å²) in [4.78, 5) is 19.1. The third-order valence-electron chi connectivity index (χ3n) is 8.47. The second-order valence-corrected chi connectivity index (χ2v) is 11.2. The van der Waals surface area contributed by atoms with Crippen LogP contribution in [-0.4, -0.2) is 36.1 Å². The van der Waals surface area contributed by atoms with Crippen molar-refractivity contribution in [2.75, 3.05) is 0 Å². The molecule has 2 fully saturated rings. The maximum atomic E-state index is 13.3. The van der Waals surface area contributed by atoms with E-state index < -0.39 is 0 Å². The van der Waals surface area contributed by atoms with Crippen molar-refractivity contribution >= 4 is 10.9 Å². The van der Waals surface area contributed by atoms with Gasteiger partial charge in [-0.15, -0.1) is 5.10 Å². The number of aryl methyl sites for hydroxylation is 2. The molecule has 36 heavy (non-hydrogen) atoms. The van der Waals surface area contributed by atoms with Crippen molar-refractivity contribution < 1.29 is 0 Å². The molecule has 0 aliphatic heterocycles. The molecule has 1 N–H and O–H groups in total. The highest BCUT2D eigenvalue weighted by Crippen LogP contribution is 2.36. The van der Waals surface area contributed by atoms with Crippen LogP contribution in [0.1, 0.15) is 119 Å². The van der Waals surface area contributed by atoms with Crippen molar-refractivity contribution in [1.82, 2.24) is 30.1 Å². The lowest BCUT2D eigenvalue weighted by Crippen LogP contribution is -2.41. The van der Waals surface area contributed by atoms with Crippen molar-refractivity contribution in [3.05, 3.63) is 51.1 Å². The van der Waals surface area contributed by atoms with Gasteiger partial charge in [-0.2, -0.15) is 0 Å². The third-order valence-corrected chi connectivity index (χ3v) is 8.47. The first-order chi connectivity index (χ1) is 17.5. The molecule has 2 aliphatic carbocycles. The number of nitrogens with zero attached hydrogens (tertiary/aromatic N) is 5. The molecule has 2 saturated carbocycles. The molecule has 2 aliphatic rings. The number of nitrogens with one attached hydrogen (secondary N) is 1. The second-order valence-electron chi connectivity index (χ2n) is 11.2. The van der Waals surface area contributed by atoms with Crippen LogP contribution in [-0.2, 0) is 6.54 Å². The smallest absolute Gasteiger partial charge is 0.252 e. The van der Waals surface area contributed by atoms with E-state index in [4.69, 9.17) is 0 Å². The molecule has 3 aromatic rings. The van der Waals surface area contributed by atoms with Gasteiger partial charge in [0.2, 0.25) is 0 Å². The largest absolute Gasteiger partial charge is 0.321 e. The molecule has 194 valence electrons. The molecule has 0 amide bonds. The topological polar surface area (TPSA) is 79.7 Å². The molecule has 1 aromatic carbocycles. The molecule has 0 saturated heterocycles. The summed E-state index contributed by atoms with van der Waals surface area (Å²) in [7, 11) is 0. The van der Waals surface area contributed by atoms with Gasteiger partial charge in [0, 0.05) is 18.2 Å². The summed E-state index contributed by atoms with van der Waals surface area (Å²) in [6, 6.07) is 7.39. The van der Waals surface area contributed by atoms with E-state index in [2.05, 4.69) is 69.1 Å². The van der Waals surface area contributed by atoms with E-state index in [1.54, 1.807) is 0 Å². The molecular formula is C29H42N6O. The Morgan fingerprint density at radius 2 is 1.75 bits per heavy atom. The minimum Gasteiger partial charge on any atom is -0.321 e. The van der Waals surface area contributed by atoms with Crippen LogP contribution in [0.2, 0.25) is 0 Å². The Hall–Kier alpha value is -2.54. The van der Waals surface area contributed by atoms with E-state index in [1.807, 2.05) is 0 Å². The molecule has 1 atom stereocenters. The first kappa shape index (κ1) is 25.1. The van der Waals surface area contributed by atoms with E-state index >= 15 is 0 Å². The number of fused-ring (bicyclic) bond motifs is 1. The summed E-state index contributed by atoms with van der Waals surface area (Å²) >= 11 is 0. The molecule has 2 heterocycles. The Morgan fingerprint density at radius 1 is 1.03 bits per heavy atom. The number of pyridine rings is 1. The van der Waals surface area contributed by atoms with Crippen molar-refractivity contribution in [3.8, 4) is 0 Å². The highest BCUT2D eigenvalue weighted by Gasteiger charge is 2.34. The minimum absolute atomic E-state index is 0.0254. The molecule has 5 rings (SSSR count). The predicted octanol–water partition coefficient (Wildman–Crippen LogP) is 6.31. The van der Waals surface area contributed by atoms with E-state index in [0.717, 1.165) is 53.5 Å². The van der Waals surface area contributed by atoms with Crippen molar-refractivity contribution in [3.63, 3.8) is 0 Å². The Balaban J connectivity index is 1.54. The number of H-pyrrole nitrogens is 1. The van der Waals surface area contributed by atoms with E-state index in [9.17, 15) is 4.79 Å². The summed E-state index contributed by atoms with van der Waals surface area (Å²) in [6.07, 6.45) is 14.3. The lowest BCUT2D eigenvalue weighted by atomic mass is 9.91. The SMILES string of the molecule is CCCC(c1nnnn1C1CCCCC1)N(Cc1cc2cc(C)cc(C)c2[nH]c1=O)C1CCCCC1. The molecule has 0 bridgehead atoms. The first-order valence-corrected chi connectivity index (χ1v) is 14.2. The molecule has 0 spiro atoms. The maximum Gasteiger partial charge on any atom is 0.252 e. The van der Waals surface area contributed by atoms with Gasteiger partial charge in [-0.05, 0) is 79.5 Å². The van der Waals surface area contributed by atoms with Crippen LogP contribution in [0.15, 0.2) is 23.0 Å². The quantitative estimate of drug-likeness (QED) is 0.400. The fraction of sp³-hybridized carbons (Fsp3) is 0.655. The summed E-state index contributed by atoms with van der Waals surface area (Å²) in [5.41, 5.74) is 4.16. The number of aromatic nitrogens is 5. The summed E-state index contributed by atoms with van der Waals surface area (Å²) in [6.45, 7) is 7.07. The molecule has 2 aromatic heterocycles. The fourth-order valence-corrected chi connectivity index (χ4v) is 6.67. The summed E-state index contributed by atoms with van der Waals surface area (Å²) in [5.74, 6) is 0.998. The Morgan fingerprint density at radius 3 is 2.47 bits per heavy atom. The van der Waals surface area contributed by atoms with Gasteiger partial charge in [-0.3, -0.25) is 9.69 Å². The first-order valence-electron chi connectivity index (χ1n) is 14.2. The zero-order valence-electron chi connectivity index (χ0n) is 22.3. The zero-order chi connectivity index (χ0) is 25.1. The molecule has 1 unspecified atom stereocenters. The fourth-order valence-electron chi connectivity index (χ4n) is 6.67. The van der Waals surface area contributed by atoms with Gasteiger partial charge in [-0.25, -0.2) is 4.68 Å². The molecule has 7 heteroatoms. The second kappa shape index (κ2) is 11.2. The lowest BCUT2D eigenvalue weighted by Gasteiger charge is -2.40. The van der Waals surface area contributed by atoms with Crippen LogP contribution in [0.3, 0.4) is 0 Å². The Labute approximate surface area is 214 Å². The van der Waals surface area contributed by atoms with Gasteiger partial charge in [0.1, 0.15) is 0 Å². The number of tetrazole rings is 1. The standard InChI is InChI=1S/C29H42N6O/c1-4-11-26(28-31-32-33-35(28)25-14-9-6-10-15-25)34(24-12-7-5-8-13-24)19-23-18-22-17-20(2)16-21(3)27(22)30-29(23)36/h16-18,24-26H,4-15,19H2,1-3H3,(H,30,36). The van der Waals surface area contributed by atoms with E-state index in [0.29, 0.717) is 18.6 Å². The highest BCUT2D eigenvalue weighted by molar-refractivity contribution is 5.82. The van der Waals surface area contributed by atoms with Gasteiger partial charge in [0.15, 0.2) is 5.82 Å². The maximum absolute atomic E-state index is 13.3. The number of rotatable bonds is 8. The van der Waals surface area contributed by atoms with Gasteiger partial charge in [0.25, 0.3) is 5.56 Å². The van der Waals surface area contributed by atoms with Gasteiger partial charge < -0.3 is 4.98 Å². The van der Waals surface area contributed by atoms with Crippen LogP contribution < -0.4 is 5.56 Å². The van der Waals surface area contributed by atoms with Crippen LogP contribution in [0.4, 0.5) is 0 Å². The predicted molar refractivity (Wildman–Crippen MR) is 144 cm³/mol. The van der Waals surface area contributed by atoms with Crippen LogP contribution >= 0.6 is 0 Å². The highest BCUT2D eigenvalue weighted by atomic mass is 16.1. The normalized spacial score (nSPS) is 18.8. The monoisotopic (exact) mass is 490 g/mol. The van der Waals surface area contributed by atoms with Gasteiger partial charge >= 0.3 is 0 Å². The van der Waals surface area contributed by atoms with Crippen molar-refractivity contribution in [2.45, 2.75) is 122 Å². The number of hydrogen-bond acceptors (Lipinski definition) is 5. The van der Waals surface area contributed by atoms with Crippen LogP contribution in [0.5, 0.6) is 0 Å². The van der Waals surface area contributed by atoms with Crippen LogP contribution in [0.25, 0.3) is 10.9 Å². The van der Waals surface area contributed by atoms with E-state index in [-0.39, 0.29) is 11.6 Å². The number of benzene rings is 1. The van der Waals surface area contributed by atoms with Crippen molar-refractivity contribution in [2.24, 2.45) is 0 Å². The van der Waals surface area contributed by atoms with Crippen LogP contribution in [0, 0.1) is 13.8 Å². The zero-order valence-corrected chi connectivity index (χ0v) is 22.3. The van der Waals surface area contributed by atoms with Gasteiger partial charge in [0.05, 0.1) is 17.6 Å². The Kier molecular flexibility index (Phi) is 7.85. The Bertz CT molecular complexity index is 1220. The van der Waals surface area contributed by atoms with Gasteiger partial charge in [-0.1, -0.05) is 63.5 Å². The average molecular weight is 491 g/mol. The molecule has 0 radical (unpaired) electrons. The minimum atomic E-state index is 0.0254. The van der Waals surface area contributed by atoms with Crippen molar-refractivity contribution in [1.29, 1.82) is 0 Å². The summed E-state index contributed by atoms with van der Waals surface area (Å²) in [5, 5.41) is 14.5. The third kappa shape index (κ3) is 5.26. The molecular weight excluding hydrogens is 448 g/mol. The number of aromatic amines is 1. The molecule has 7 nitrogen and oxygen atoms in total. The number of hydrogen-bond donors (Lipinski definition) is 1. The van der Waals surface area contributed by atoms with E-state index in [1.165, 1.54) is 56.9 Å². The lowest BCUT2D eigenvalue weighted by molar-refractivity contribution is 0.0789.